The molecule has 2 heterocycles. The number of aromatic nitrogens is 1. The van der Waals surface area contributed by atoms with E-state index in [-0.39, 0.29) is 11.9 Å². The normalized spacial score (nSPS) is 15.8. The number of hydrogen-bond acceptors (Lipinski definition) is 3. The molecule has 28 heavy (non-hydrogen) atoms. The number of hydrogen-bond donors (Lipinski definition) is 0. The molecule has 4 nitrogen and oxygen atoms in total. The Morgan fingerprint density at radius 2 is 1.71 bits per heavy atom. The van der Waals surface area contributed by atoms with E-state index >= 15 is 0 Å². The van der Waals surface area contributed by atoms with Crippen molar-refractivity contribution >= 4 is 5.91 Å². The van der Waals surface area contributed by atoms with Gasteiger partial charge in [0.1, 0.15) is 5.75 Å². The number of carbonyl (C=O) groups excluding carboxylic acids is 1. The third kappa shape index (κ3) is 3.50. The highest BCUT2D eigenvalue weighted by molar-refractivity contribution is 5.95. The third-order valence-electron chi connectivity index (χ3n) is 5.31. The summed E-state index contributed by atoms with van der Waals surface area (Å²) in [5, 5.41) is 0. The zero-order chi connectivity index (χ0) is 19.7. The van der Waals surface area contributed by atoms with Crippen molar-refractivity contribution in [3.63, 3.8) is 0 Å². The van der Waals surface area contributed by atoms with E-state index in [1.54, 1.807) is 7.11 Å². The van der Waals surface area contributed by atoms with Crippen LogP contribution in [0.15, 0.2) is 60.7 Å². The Morgan fingerprint density at radius 3 is 2.32 bits per heavy atom. The Labute approximate surface area is 165 Å². The second-order valence-electron chi connectivity index (χ2n) is 7.30. The van der Waals surface area contributed by atoms with Gasteiger partial charge in [-0.05, 0) is 73.4 Å². The fourth-order valence-electron chi connectivity index (χ4n) is 3.80. The number of ether oxygens (including phenoxy) is 1. The largest absolute Gasteiger partial charge is 0.497 e. The van der Waals surface area contributed by atoms with Gasteiger partial charge in [0, 0.05) is 23.5 Å². The van der Waals surface area contributed by atoms with Gasteiger partial charge in [-0.3, -0.25) is 9.78 Å². The van der Waals surface area contributed by atoms with Crippen LogP contribution in [0.25, 0.3) is 11.1 Å². The van der Waals surface area contributed by atoms with Crippen molar-refractivity contribution in [2.75, 3.05) is 13.7 Å². The molecule has 3 aromatic rings. The summed E-state index contributed by atoms with van der Waals surface area (Å²) < 4.78 is 5.32. The maximum atomic E-state index is 13.0. The first-order chi connectivity index (χ1) is 13.5. The minimum Gasteiger partial charge on any atom is -0.497 e. The number of likely N-dealkylation sites (tertiary alicyclic amines) is 1. The lowest BCUT2D eigenvalue weighted by molar-refractivity contribution is 0.0460. The summed E-state index contributed by atoms with van der Waals surface area (Å²) >= 11 is 0. The molecular formula is C24H24N2O2. The predicted octanol–water partition coefficient (Wildman–Crippen LogP) is 4.96. The molecule has 1 atom stereocenters. The van der Waals surface area contributed by atoms with Crippen LogP contribution < -0.4 is 4.74 Å². The van der Waals surface area contributed by atoms with E-state index < -0.39 is 0 Å². The smallest absolute Gasteiger partial charge is 0.254 e. The van der Waals surface area contributed by atoms with Gasteiger partial charge in [0.25, 0.3) is 5.91 Å². The Bertz CT molecular complexity index is 991. The molecule has 4 rings (SSSR count). The molecule has 1 saturated heterocycles. The van der Waals surface area contributed by atoms with Gasteiger partial charge in [-0.2, -0.15) is 0 Å². The third-order valence-corrected chi connectivity index (χ3v) is 5.31. The van der Waals surface area contributed by atoms with E-state index in [9.17, 15) is 4.79 Å². The Hall–Kier alpha value is -3.14. The summed E-state index contributed by atoms with van der Waals surface area (Å²) in [6, 6.07) is 20.1. The summed E-state index contributed by atoms with van der Waals surface area (Å²) in [5.74, 6) is 0.900. The molecule has 1 fully saturated rings. The average molecular weight is 372 g/mol. The van der Waals surface area contributed by atoms with Gasteiger partial charge in [0.05, 0.1) is 13.2 Å². The molecule has 0 N–H and O–H groups in total. The van der Waals surface area contributed by atoms with Crippen molar-refractivity contribution in [1.82, 2.24) is 9.88 Å². The van der Waals surface area contributed by atoms with Crippen LogP contribution in [0.2, 0.25) is 0 Å². The van der Waals surface area contributed by atoms with Crippen LogP contribution in [0.3, 0.4) is 0 Å². The van der Waals surface area contributed by atoms with Gasteiger partial charge in [0.15, 0.2) is 0 Å². The fraction of sp³-hybridized carbons (Fsp3) is 0.250. The van der Waals surface area contributed by atoms with Crippen molar-refractivity contribution in [3.05, 3.63) is 83.2 Å². The molecule has 0 unspecified atom stereocenters. The quantitative estimate of drug-likeness (QED) is 0.650. The number of aryl methyl sites for hydroxylation is 2. The van der Waals surface area contributed by atoms with E-state index in [0.29, 0.717) is 0 Å². The molecule has 2 aromatic carbocycles. The van der Waals surface area contributed by atoms with Crippen molar-refractivity contribution in [2.24, 2.45) is 0 Å². The monoisotopic (exact) mass is 372 g/mol. The topological polar surface area (TPSA) is 42.4 Å². The lowest BCUT2D eigenvalue weighted by atomic mass is 9.93. The van der Waals surface area contributed by atoms with E-state index in [4.69, 9.17) is 4.74 Å². The van der Waals surface area contributed by atoms with E-state index in [0.717, 1.165) is 52.4 Å². The molecule has 1 amide bonds. The first kappa shape index (κ1) is 18.2. The van der Waals surface area contributed by atoms with Crippen LogP contribution >= 0.6 is 0 Å². The maximum Gasteiger partial charge on any atom is 0.254 e. The summed E-state index contributed by atoms with van der Waals surface area (Å²) in [5.41, 5.74) is 6.06. The SMILES string of the molecule is COc1cccc([C@H]2CCN2C(=O)c2ccc(-c3cc(C)nc(C)c3)cc2)c1. The van der Waals surface area contributed by atoms with Crippen LogP contribution in [0, 0.1) is 13.8 Å². The summed E-state index contributed by atoms with van der Waals surface area (Å²) in [4.78, 5) is 19.4. The molecule has 1 aliphatic heterocycles. The molecule has 4 heteroatoms. The minimum atomic E-state index is 0.0766. The maximum absolute atomic E-state index is 13.0. The lowest BCUT2D eigenvalue weighted by Crippen LogP contribution is -2.45. The van der Waals surface area contributed by atoms with Crippen molar-refractivity contribution in [1.29, 1.82) is 0 Å². The molecule has 1 aromatic heterocycles. The highest BCUT2D eigenvalue weighted by atomic mass is 16.5. The number of methoxy groups -OCH3 is 1. The second kappa shape index (κ2) is 7.47. The Kier molecular flexibility index (Phi) is 4.86. The molecular weight excluding hydrogens is 348 g/mol. The summed E-state index contributed by atoms with van der Waals surface area (Å²) in [6.45, 7) is 4.78. The molecule has 0 bridgehead atoms. The zero-order valence-corrected chi connectivity index (χ0v) is 16.5. The highest BCUT2D eigenvalue weighted by Gasteiger charge is 2.34. The number of nitrogens with zero attached hydrogens (tertiary/aromatic N) is 2. The fourth-order valence-corrected chi connectivity index (χ4v) is 3.80. The zero-order valence-electron chi connectivity index (χ0n) is 16.5. The number of pyridine rings is 1. The highest BCUT2D eigenvalue weighted by Crippen LogP contribution is 2.36. The molecule has 1 aliphatic rings. The number of rotatable bonds is 4. The van der Waals surface area contributed by atoms with Gasteiger partial charge in [0.2, 0.25) is 0 Å². The second-order valence-corrected chi connectivity index (χ2v) is 7.30. The standard InChI is InChI=1S/C24H24N2O2/c1-16-13-21(14-17(2)25-16)18-7-9-19(10-8-18)24(27)26-12-11-23(26)20-5-4-6-22(15-20)28-3/h4-10,13-15,23H,11-12H2,1-3H3/t23-/m1/s1. The van der Waals surface area contributed by atoms with Gasteiger partial charge < -0.3 is 9.64 Å². The predicted molar refractivity (Wildman–Crippen MR) is 111 cm³/mol. The summed E-state index contributed by atoms with van der Waals surface area (Å²) in [7, 11) is 1.66. The van der Waals surface area contributed by atoms with Gasteiger partial charge in [-0.25, -0.2) is 0 Å². The number of carbonyl (C=O) groups is 1. The van der Waals surface area contributed by atoms with Gasteiger partial charge >= 0.3 is 0 Å². The van der Waals surface area contributed by atoms with Gasteiger partial charge in [-0.15, -0.1) is 0 Å². The van der Waals surface area contributed by atoms with Crippen molar-refractivity contribution in [3.8, 4) is 16.9 Å². The molecule has 0 aliphatic carbocycles. The van der Waals surface area contributed by atoms with Crippen LogP contribution in [0.5, 0.6) is 5.75 Å². The molecule has 0 radical (unpaired) electrons. The van der Waals surface area contributed by atoms with Gasteiger partial charge in [-0.1, -0.05) is 24.3 Å². The lowest BCUT2D eigenvalue weighted by Gasteiger charge is -2.41. The van der Waals surface area contributed by atoms with Crippen molar-refractivity contribution in [2.45, 2.75) is 26.3 Å². The Balaban J connectivity index is 1.53. The number of amides is 1. The van der Waals surface area contributed by atoms with Crippen LogP contribution in [0.1, 0.15) is 39.8 Å². The first-order valence-corrected chi connectivity index (χ1v) is 9.56. The van der Waals surface area contributed by atoms with Crippen LogP contribution in [-0.2, 0) is 0 Å². The molecule has 142 valence electrons. The van der Waals surface area contributed by atoms with Crippen LogP contribution in [0.4, 0.5) is 0 Å². The molecule has 0 saturated carbocycles. The number of benzene rings is 2. The van der Waals surface area contributed by atoms with E-state index in [2.05, 4.69) is 23.2 Å². The minimum absolute atomic E-state index is 0.0766. The average Bonchev–Trinajstić information content (AvgIpc) is 2.66. The van der Waals surface area contributed by atoms with Crippen molar-refractivity contribution < 1.29 is 9.53 Å². The molecule has 0 spiro atoms. The van der Waals surface area contributed by atoms with E-state index in [1.165, 1.54) is 0 Å². The van der Waals surface area contributed by atoms with E-state index in [1.807, 2.05) is 61.2 Å². The Morgan fingerprint density at radius 1 is 1.00 bits per heavy atom. The summed E-state index contributed by atoms with van der Waals surface area (Å²) in [6.07, 6.45) is 0.979. The first-order valence-electron chi connectivity index (χ1n) is 9.56. The van der Waals surface area contributed by atoms with Crippen LogP contribution in [-0.4, -0.2) is 29.4 Å².